The van der Waals surface area contributed by atoms with Crippen LogP contribution in [0.4, 0.5) is 5.69 Å². The molecule has 2 aliphatic rings. The van der Waals surface area contributed by atoms with E-state index in [1.807, 2.05) is 6.07 Å². The van der Waals surface area contributed by atoms with E-state index in [9.17, 15) is 18.0 Å². The Morgan fingerprint density at radius 3 is 2.29 bits per heavy atom. The Morgan fingerprint density at radius 1 is 0.968 bits per heavy atom. The third-order valence-corrected chi connectivity index (χ3v) is 7.72. The second-order valence-electron chi connectivity index (χ2n) is 8.19. The van der Waals surface area contributed by atoms with E-state index < -0.39 is 10.0 Å². The van der Waals surface area contributed by atoms with Crippen molar-refractivity contribution in [2.75, 3.05) is 24.4 Å². The molecule has 4 rings (SSSR count). The van der Waals surface area contributed by atoms with E-state index in [2.05, 4.69) is 5.32 Å². The molecule has 1 aliphatic heterocycles. The van der Waals surface area contributed by atoms with Crippen molar-refractivity contribution in [3.8, 4) is 0 Å². The molecule has 0 radical (unpaired) electrons. The molecule has 2 aromatic rings. The van der Waals surface area contributed by atoms with E-state index in [0.717, 1.165) is 12.8 Å². The highest BCUT2D eigenvalue weighted by Gasteiger charge is 2.32. The lowest BCUT2D eigenvalue weighted by molar-refractivity contribution is -0.123. The van der Waals surface area contributed by atoms with Crippen LogP contribution in [0.3, 0.4) is 0 Å². The number of anilines is 1. The minimum Gasteiger partial charge on any atom is -0.353 e. The number of nitrogens with zero attached hydrogens (tertiary/aromatic N) is 2. The lowest BCUT2D eigenvalue weighted by atomic mass is 10.0. The molecule has 2 fully saturated rings. The molecule has 0 aromatic heterocycles. The summed E-state index contributed by atoms with van der Waals surface area (Å²) >= 11 is 0. The Morgan fingerprint density at radius 2 is 1.65 bits per heavy atom. The highest BCUT2D eigenvalue weighted by atomic mass is 32.2. The number of hydrogen-bond donors (Lipinski definition) is 1. The van der Waals surface area contributed by atoms with Crippen LogP contribution in [0, 0.1) is 5.92 Å². The Kier molecular flexibility index (Phi) is 6.00. The number of hydrogen-bond acceptors (Lipinski definition) is 4. The number of carbonyl (C=O) groups excluding carboxylic acids is 2. The molecule has 1 saturated heterocycles. The fourth-order valence-corrected chi connectivity index (χ4v) is 5.04. The zero-order chi connectivity index (χ0) is 22.0. The number of piperidine rings is 1. The van der Waals surface area contributed by atoms with Gasteiger partial charge in [0, 0.05) is 37.7 Å². The molecule has 1 aliphatic carbocycles. The zero-order valence-electron chi connectivity index (χ0n) is 17.5. The van der Waals surface area contributed by atoms with Crippen molar-refractivity contribution in [2.24, 2.45) is 5.92 Å². The maximum Gasteiger partial charge on any atom is 0.264 e. The molecule has 0 unspecified atom stereocenters. The highest BCUT2D eigenvalue weighted by Crippen LogP contribution is 2.29. The average molecular weight is 442 g/mol. The molecule has 8 heteroatoms. The SMILES string of the molecule is CN(c1ccccc1)S(=O)(=O)c1cccc(C(=O)N2CCC(NC(=O)C3CC3)CC2)c1. The summed E-state index contributed by atoms with van der Waals surface area (Å²) in [6, 6.07) is 15.1. The minimum atomic E-state index is -3.79. The van der Waals surface area contributed by atoms with Crippen LogP contribution in [-0.4, -0.2) is 51.3 Å². The molecule has 31 heavy (non-hydrogen) atoms. The minimum absolute atomic E-state index is 0.0799. The quantitative estimate of drug-likeness (QED) is 0.747. The number of rotatable bonds is 6. The van der Waals surface area contributed by atoms with Gasteiger partial charge < -0.3 is 10.2 Å². The molecule has 164 valence electrons. The molecule has 2 aromatic carbocycles. The van der Waals surface area contributed by atoms with E-state index in [4.69, 9.17) is 0 Å². The molecular weight excluding hydrogens is 414 g/mol. The molecule has 0 atom stereocenters. The van der Waals surface area contributed by atoms with Gasteiger partial charge in [-0.15, -0.1) is 0 Å². The van der Waals surface area contributed by atoms with Crippen LogP contribution in [0.25, 0.3) is 0 Å². The van der Waals surface area contributed by atoms with E-state index >= 15 is 0 Å². The van der Waals surface area contributed by atoms with Gasteiger partial charge in [-0.2, -0.15) is 0 Å². The maximum atomic E-state index is 13.1. The summed E-state index contributed by atoms with van der Waals surface area (Å²) in [5, 5.41) is 3.08. The number of benzene rings is 2. The van der Waals surface area contributed by atoms with Gasteiger partial charge >= 0.3 is 0 Å². The molecular formula is C23H27N3O4S. The van der Waals surface area contributed by atoms with Crippen LogP contribution < -0.4 is 9.62 Å². The molecule has 7 nitrogen and oxygen atoms in total. The van der Waals surface area contributed by atoms with Crippen LogP contribution in [0.5, 0.6) is 0 Å². The van der Waals surface area contributed by atoms with Gasteiger partial charge in [-0.25, -0.2) is 8.42 Å². The third kappa shape index (κ3) is 4.74. The second kappa shape index (κ2) is 8.70. The average Bonchev–Trinajstić information content (AvgIpc) is 3.65. The van der Waals surface area contributed by atoms with Crippen LogP contribution in [0.2, 0.25) is 0 Å². The Hall–Kier alpha value is -2.87. The van der Waals surface area contributed by atoms with Gasteiger partial charge in [-0.05, 0) is 56.0 Å². The van der Waals surface area contributed by atoms with Crippen molar-refractivity contribution in [1.29, 1.82) is 0 Å². The van der Waals surface area contributed by atoms with Gasteiger partial charge in [0.15, 0.2) is 0 Å². The molecule has 1 N–H and O–H groups in total. The van der Waals surface area contributed by atoms with E-state index in [-0.39, 0.29) is 28.7 Å². The lowest BCUT2D eigenvalue weighted by Crippen LogP contribution is -2.47. The third-order valence-electron chi connectivity index (χ3n) is 5.94. The standard InChI is InChI=1S/C23H27N3O4S/c1-25(20-7-3-2-4-8-20)31(29,30)21-9-5-6-18(16-21)23(28)26-14-12-19(13-15-26)24-22(27)17-10-11-17/h2-9,16-17,19H,10-15H2,1H3,(H,24,27). The largest absolute Gasteiger partial charge is 0.353 e. The Balaban J connectivity index is 1.43. The predicted octanol–water partition coefficient (Wildman–Crippen LogP) is 2.64. The van der Waals surface area contributed by atoms with Gasteiger partial charge in [0.05, 0.1) is 10.6 Å². The fourth-order valence-electron chi connectivity index (χ4n) is 3.80. The van der Waals surface area contributed by atoms with Gasteiger partial charge in [0.2, 0.25) is 5.91 Å². The van der Waals surface area contributed by atoms with Crippen molar-refractivity contribution < 1.29 is 18.0 Å². The number of amides is 2. The maximum absolute atomic E-state index is 13.1. The smallest absolute Gasteiger partial charge is 0.264 e. The van der Waals surface area contributed by atoms with Crippen LogP contribution in [0.15, 0.2) is 59.5 Å². The van der Waals surface area contributed by atoms with Gasteiger partial charge in [0.1, 0.15) is 0 Å². The first kappa shape index (κ1) is 21.4. The first-order chi connectivity index (χ1) is 14.9. The molecule has 2 amide bonds. The Bertz CT molecular complexity index is 1060. The van der Waals surface area contributed by atoms with E-state index in [1.165, 1.54) is 23.5 Å². The normalized spacial score (nSPS) is 17.3. The lowest BCUT2D eigenvalue weighted by Gasteiger charge is -2.32. The summed E-state index contributed by atoms with van der Waals surface area (Å²) in [6.07, 6.45) is 3.36. The van der Waals surface area contributed by atoms with E-state index in [0.29, 0.717) is 37.2 Å². The number of para-hydroxylation sites is 1. The monoisotopic (exact) mass is 441 g/mol. The van der Waals surface area contributed by atoms with Gasteiger partial charge in [-0.1, -0.05) is 24.3 Å². The summed E-state index contributed by atoms with van der Waals surface area (Å²) in [7, 11) is -2.29. The van der Waals surface area contributed by atoms with Crippen LogP contribution in [-0.2, 0) is 14.8 Å². The summed E-state index contributed by atoms with van der Waals surface area (Å²) in [5.74, 6) is 0.120. The predicted molar refractivity (Wildman–Crippen MR) is 118 cm³/mol. The van der Waals surface area contributed by atoms with Crippen molar-refractivity contribution in [3.05, 3.63) is 60.2 Å². The summed E-state index contributed by atoms with van der Waals surface area (Å²) in [6.45, 7) is 1.07. The van der Waals surface area contributed by atoms with Crippen molar-refractivity contribution in [2.45, 2.75) is 36.6 Å². The van der Waals surface area contributed by atoms with Gasteiger partial charge in [0.25, 0.3) is 15.9 Å². The van der Waals surface area contributed by atoms with Crippen molar-refractivity contribution in [1.82, 2.24) is 10.2 Å². The fraction of sp³-hybridized carbons (Fsp3) is 0.391. The number of nitrogens with one attached hydrogen (secondary N) is 1. The molecule has 1 saturated carbocycles. The van der Waals surface area contributed by atoms with Crippen LogP contribution >= 0.6 is 0 Å². The first-order valence-electron chi connectivity index (χ1n) is 10.6. The second-order valence-corrected chi connectivity index (χ2v) is 10.2. The number of likely N-dealkylation sites (tertiary alicyclic amines) is 1. The summed E-state index contributed by atoms with van der Waals surface area (Å²) in [4.78, 5) is 26.8. The Labute approximate surface area is 183 Å². The van der Waals surface area contributed by atoms with Crippen molar-refractivity contribution >= 4 is 27.5 Å². The van der Waals surface area contributed by atoms with E-state index in [1.54, 1.807) is 41.3 Å². The van der Waals surface area contributed by atoms with Crippen LogP contribution in [0.1, 0.15) is 36.0 Å². The molecule has 0 spiro atoms. The highest BCUT2D eigenvalue weighted by molar-refractivity contribution is 7.92. The molecule has 0 bridgehead atoms. The first-order valence-corrected chi connectivity index (χ1v) is 12.0. The van der Waals surface area contributed by atoms with Gasteiger partial charge in [-0.3, -0.25) is 13.9 Å². The zero-order valence-corrected chi connectivity index (χ0v) is 18.3. The topological polar surface area (TPSA) is 86.8 Å². The molecule has 1 heterocycles. The number of carbonyl (C=O) groups is 2. The van der Waals surface area contributed by atoms with Crippen molar-refractivity contribution in [3.63, 3.8) is 0 Å². The summed E-state index contributed by atoms with van der Waals surface area (Å²) < 4.78 is 27.3. The number of sulfonamides is 1. The summed E-state index contributed by atoms with van der Waals surface area (Å²) in [5.41, 5.74) is 0.901.